The average Bonchev–Trinajstić information content (AvgIpc) is 2.02. The topological polar surface area (TPSA) is 58.7 Å². The van der Waals surface area contributed by atoms with Crippen LogP contribution in [0.25, 0.3) is 0 Å². The standard InChI is InChI=1S/C9H20N2O2/c1-7-4-11(5-8(2)13-7)6-9(12)3-10/h7-9,12H,3-6,10H2,1-2H3. The van der Waals surface area contributed by atoms with Gasteiger partial charge in [0.1, 0.15) is 0 Å². The van der Waals surface area contributed by atoms with Crippen LogP contribution < -0.4 is 5.73 Å². The van der Waals surface area contributed by atoms with E-state index in [2.05, 4.69) is 18.7 Å². The van der Waals surface area contributed by atoms with Crippen molar-refractivity contribution in [2.45, 2.75) is 32.2 Å². The summed E-state index contributed by atoms with van der Waals surface area (Å²) in [5.41, 5.74) is 5.35. The second-order valence-corrected chi connectivity index (χ2v) is 3.87. The van der Waals surface area contributed by atoms with Gasteiger partial charge >= 0.3 is 0 Å². The molecule has 0 aromatic carbocycles. The van der Waals surface area contributed by atoms with Crippen LogP contribution in [0.3, 0.4) is 0 Å². The maximum Gasteiger partial charge on any atom is 0.0789 e. The molecule has 0 bridgehead atoms. The Balaban J connectivity index is 2.32. The van der Waals surface area contributed by atoms with Gasteiger partial charge in [-0.3, -0.25) is 4.90 Å². The number of morpholine rings is 1. The number of hydrogen-bond donors (Lipinski definition) is 2. The number of nitrogens with two attached hydrogens (primary N) is 1. The van der Waals surface area contributed by atoms with Crippen LogP contribution in [0.1, 0.15) is 13.8 Å². The highest BCUT2D eigenvalue weighted by molar-refractivity contribution is 4.75. The molecule has 1 fully saturated rings. The first-order valence-corrected chi connectivity index (χ1v) is 4.87. The summed E-state index contributed by atoms with van der Waals surface area (Å²) >= 11 is 0. The maximum atomic E-state index is 9.38. The molecule has 0 aromatic heterocycles. The third-order valence-electron chi connectivity index (χ3n) is 2.24. The van der Waals surface area contributed by atoms with E-state index in [1.54, 1.807) is 0 Å². The van der Waals surface area contributed by atoms with Crippen LogP contribution in [-0.4, -0.2) is 54.5 Å². The minimum Gasteiger partial charge on any atom is -0.390 e. The molecule has 1 heterocycles. The van der Waals surface area contributed by atoms with Gasteiger partial charge in [0, 0.05) is 26.2 Å². The van der Waals surface area contributed by atoms with Gasteiger partial charge in [-0.05, 0) is 13.8 Å². The molecule has 78 valence electrons. The van der Waals surface area contributed by atoms with E-state index in [-0.39, 0.29) is 12.2 Å². The Kier molecular flexibility index (Phi) is 4.12. The molecule has 3 N–H and O–H groups in total. The number of β-amino-alcohol motifs (C(OH)–C–C–N with tert-alkyl or cyclic N) is 1. The Bertz CT molecular complexity index is 145. The average molecular weight is 188 g/mol. The lowest BCUT2D eigenvalue weighted by Gasteiger charge is -2.36. The summed E-state index contributed by atoms with van der Waals surface area (Å²) in [5.74, 6) is 0. The Hall–Kier alpha value is -0.160. The van der Waals surface area contributed by atoms with Crippen molar-refractivity contribution >= 4 is 0 Å². The van der Waals surface area contributed by atoms with Crippen molar-refractivity contribution in [2.24, 2.45) is 5.73 Å². The minimum atomic E-state index is -0.405. The van der Waals surface area contributed by atoms with Crippen molar-refractivity contribution in [3.63, 3.8) is 0 Å². The SMILES string of the molecule is CC1CN(CC(O)CN)CC(C)O1. The van der Waals surface area contributed by atoms with Gasteiger partial charge in [-0.2, -0.15) is 0 Å². The Morgan fingerprint density at radius 3 is 2.46 bits per heavy atom. The molecule has 4 nitrogen and oxygen atoms in total. The van der Waals surface area contributed by atoms with Crippen LogP contribution in [0.5, 0.6) is 0 Å². The van der Waals surface area contributed by atoms with Gasteiger partial charge in [0.05, 0.1) is 18.3 Å². The zero-order chi connectivity index (χ0) is 9.84. The number of rotatable bonds is 3. The normalized spacial score (nSPS) is 33.2. The molecule has 0 aromatic rings. The molecule has 1 aliphatic heterocycles. The predicted octanol–water partition coefficient (Wildman–Crippen LogP) is -0.585. The number of ether oxygens (including phenoxy) is 1. The fourth-order valence-corrected chi connectivity index (χ4v) is 1.81. The smallest absolute Gasteiger partial charge is 0.0789 e. The molecule has 0 amide bonds. The molecule has 0 aliphatic carbocycles. The molecule has 0 spiro atoms. The molecule has 3 unspecified atom stereocenters. The quantitative estimate of drug-likeness (QED) is 0.622. The van der Waals surface area contributed by atoms with Crippen LogP contribution in [0.15, 0.2) is 0 Å². The Labute approximate surface area is 79.7 Å². The Morgan fingerprint density at radius 2 is 2.00 bits per heavy atom. The highest BCUT2D eigenvalue weighted by Gasteiger charge is 2.23. The van der Waals surface area contributed by atoms with Gasteiger partial charge in [0.15, 0.2) is 0 Å². The fourth-order valence-electron chi connectivity index (χ4n) is 1.81. The minimum absolute atomic E-state index is 0.258. The fraction of sp³-hybridized carbons (Fsp3) is 1.00. The molecule has 0 saturated carbocycles. The largest absolute Gasteiger partial charge is 0.390 e. The van der Waals surface area contributed by atoms with E-state index >= 15 is 0 Å². The summed E-state index contributed by atoms with van der Waals surface area (Å²) in [6, 6.07) is 0. The third-order valence-corrected chi connectivity index (χ3v) is 2.24. The second-order valence-electron chi connectivity index (χ2n) is 3.87. The summed E-state index contributed by atoms with van der Waals surface area (Å²) in [6.45, 7) is 6.88. The van der Waals surface area contributed by atoms with E-state index in [9.17, 15) is 5.11 Å². The lowest BCUT2D eigenvalue weighted by atomic mass is 10.2. The third kappa shape index (κ3) is 3.60. The van der Waals surface area contributed by atoms with E-state index in [0.29, 0.717) is 13.1 Å². The summed E-state index contributed by atoms with van der Waals surface area (Å²) in [7, 11) is 0. The highest BCUT2D eigenvalue weighted by Crippen LogP contribution is 2.10. The van der Waals surface area contributed by atoms with Crippen molar-refractivity contribution in [3.05, 3.63) is 0 Å². The first kappa shape index (κ1) is 10.9. The first-order chi connectivity index (χ1) is 6.11. The summed E-state index contributed by atoms with van der Waals surface area (Å²) < 4.78 is 5.58. The van der Waals surface area contributed by atoms with Gasteiger partial charge in [0.25, 0.3) is 0 Å². The van der Waals surface area contributed by atoms with E-state index in [0.717, 1.165) is 13.1 Å². The van der Waals surface area contributed by atoms with Crippen molar-refractivity contribution < 1.29 is 9.84 Å². The highest BCUT2D eigenvalue weighted by atomic mass is 16.5. The lowest BCUT2D eigenvalue weighted by Crippen LogP contribution is -2.49. The van der Waals surface area contributed by atoms with Crippen LogP contribution >= 0.6 is 0 Å². The molecule has 1 rings (SSSR count). The number of hydrogen-bond acceptors (Lipinski definition) is 4. The molecule has 1 aliphatic rings. The van der Waals surface area contributed by atoms with E-state index in [1.807, 2.05) is 0 Å². The van der Waals surface area contributed by atoms with Gasteiger partial charge < -0.3 is 15.6 Å². The van der Waals surface area contributed by atoms with Crippen molar-refractivity contribution in [2.75, 3.05) is 26.2 Å². The second kappa shape index (κ2) is 4.91. The van der Waals surface area contributed by atoms with E-state index in [4.69, 9.17) is 10.5 Å². The van der Waals surface area contributed by atoms with Crippen LogP contribution in [0.2, 0.25) is 0 Å². The van der Waals surface area contributed by atoms with E-state index < -0.39 is 6.10 Å². The molecule has 0 radical (unpaired) electrons. The van der Waals surface area contributed by atoms with Gasteiger partial charge in [-0.1, -0.05) is 0 Å². The van der Waals surface area contributed by atoms with E-state index in [1.165, 1.54) is 0 Å². The predicted molar refractivity (Wildman–Crippen MR) is 51.5 cm³/mol. The maximum absolute atomic E-state index is 9.38. The van der Waals surface area contributed by atoms with Gasteiger partial charge in [0.2, 0.25) is 0 Å². The van der Waals surface area contributed by atoms with Gasteiger partial charge in [-0.15, -0.1) is 0 Å². The van der Waals surface area contributed by atoms with Crippen molar-refractivity contribution in [1.29, 1.82) is 0 Å². The molecular weight excluding hydrogens is 168 g/mol. The monoisotopic (exact) mass is 188 g/mol. The van der Waals surface area contributed by atoms with Crippen molar-refractivity contribution in [1.82, 2.24) is 4.90 Å². The molecule has 1 saturated heterocycles. The Morgan fingerprint density at radius 1 is 1.46 bits per heavy atom. The van der Waals surface area contributed by atoms with Crippen molar-refractivity contribution in [3.8, 4) is 0 Å². The first-order valence-electron chi connectivity index (χ1n) is 4.87. The number of aliphatic hydroxyl groups is 1. The summed E-state index contributed by atoms with van der Waals surface area (Å²) in [4.78, 5) is 2.20. The summed E-state index contributed by atoms with van der Waals surface area (Å²) in [6.07, 6.45) is 0.111. The number of nitrogens with zero attached hydrogens (tertiary/aromatic N) is 1. The molecule has 3 atom stereocenters. The van der Waals surface area contributed by atoms with Crippen LogP contribution in [0, 0.1) is 0 Å². The van der Waals surface area contributed by atoms with Crippen LogP contribution in [0.4, 0.5) is 0 Å². The van der Waals surface area contributed by atoms with Gasteiger partial charge in [-0.25, -0.2) is 0 Å². The number of aliphatic hydroxyl groups excluding tert-OH is 1. The zero-order valence-electron chi connectivity index (χ0n) is 8.44. The molecular formula is C9H20N2O2. The lowest BCUT2D eigenvalue weighted by molar-refractivity contribution is -0.0758. The zero-order valence-corrected chi connectivity index (χ0v) is 8.44. The molecule has 4 heteroatoms. The molecule has 13 heavy (non-hydrogen) atoms. The summed E-state index contributed by atoms with van der Waals surface area (Å²) in [5, 5.41) is 9.38. The van der Waals surface area contributed by atoms with Crippen LogP contribution in [-0.2, 0) is 4.74 Å².